The van der Waals surface area contributed by atoms with E-state index in [4.69, 9.17) is 4.74 Å². The van der Waals surface area contributed by atoms with Gasteiger partial charge in [0.05, 0.1) is 5.54 Å². The van der Waals surface area contributed by atoms with Gasteiger partial charge in [-0.2, -0.15) is 0 Å². The molecule has 0 aliphatic carbocycles. The van der Waals surface area contributed by atoms with Crippen molar-refractivity contribution in [1.29, 1.82) is 0 Å². The SMILES string of the molecule is C=CCS[C@]1(Br)NC(C)(C)C[C@@]2(C[C@H](c3ccccc3)Oc3cc(O)ccc32)N1. The summed E-state index contributed by atoms with van der Waals surface area (Å²) >= 11 is 5.66. The Balaban J connectivity index is 1.81. The van der Waals surface area contributed by atoms with Crippen molar-refractivity contribution < 1.29 is 9.84 Å². The molecule has 2 aromatic carbocycles. The Kier molecular flexibility index (Phi) is 5.49. The molecule has 3 atom stereocenters. The first-order chi connectivity index (χ1) is 13.7. The van der Waals surface area contributed by atoms with Gasteiger partial charge in [0.2, 0.25) is 0 Å². The second-order valence-corrected chi connectivity index (χ2v) is 11.4. The molecule has 0 radical (unpaired) electrons. The van der Waals surface area contributed by atoms with Crippen LogP contribution in [0.25, 0.3) is 0 Å². The van der Waals surface area contributed by atoms with E-state index in [1.54, 1.807) is 23.9 Å². The molecule has 2 aliphatic heterocycles. The average molecular weight is 475 g/mol. The number of phenols is 1. The lowest BCUT2D eigenvalue weighted by Crippen LogP contribution is -2.71. The Morgan fingerprint density at radius 1 is 1.24 bits per heavy atom. The van der Waals surface area contributed by atoms with Crippen molar-refractivity contribution in [3.63, 3.8) is 0 Å². The van der Waals surface area contributed by atoms with Crippen LogP contribution in [0.4, 0.5) is 0 Å². The lowest BCUT2D eigenvalue weighted by molar-refractivity contribution is 0.0469. The molecule has 6 heteroatoms. The van der Waals surface area contributed by atoms with Crippen LogP contribution in [0.15, 0.2) is 61.2 Å². The van der Waals surface area contributed by atoms with Crippen molar-refractivity contribution in [2.75, 3.05) is 5.75 Å². The Labute approximate surface area is 185 Å². The third-order valence-corrected chi connectivity index (χ3v) is 7.59. The Hall–Kier alpha value is -1.47. The molecule has 0 unspecified atom stereocenters. The number of phenolic OH excluding ortho intramolecular Hbond substituents is 1. The van der Waals surface area contributed by atoms with Gasteiger partial charge in [0, 0.05) is 29.3 Å². The molecule has 2 aromatic rings. The molecule has 4 rings (SSSR count). The summed E-state index contributed by atoms with van der Waals surface area (Å²) in [6, 6.07) is 15.8. The predicted octanol–water partition coefficient (Wildman–Crippen LogP) is 5.40. The molecule has 1 saturated heterocycles. The van der Waals surface area contributed by atoms with Gasteiger partial charge in [-0.05, 0) is 53.9 Å². The van der Waals surface area contributed by atoms with Crippen LogP contribution in [-0.2, 0) is 5.54 Å². The van der Waals surface area contributed by atoms with Crippen molar-refractivity contribution in [2.45, 2.75) is 47.8 Å². The second-order valence-electron chi connectivity index (χ2n) is 8.49. The molecule has 0 bridgehead atoms. The molecule has 0 saturated carbocycles. The van der Waals surface area contributed by atoms with Crippen LogP contribution in [0.5, 0.6) is 11.5 Å². The van der Waals surface area contributed by atoms with Crippen molar-refractivity contribution in [1.82, 2.24) is 10.6 Å². The van der Waals surface area contributed by atoms with Gasteiger partial charge >= 0.3 is 0 Å². The van der Waals surface area contributed by atoms with Gasteiger partial charge < -0.3 is 9.84 Å². The summed E-state index contributed by atoms with van der Waals surface area (Å²) in [5, 5.41) is 17.7. The van der Waals surface area contributed by atoms with E-state index in [2.05, 4.69) is 59.1 Å². The first-order valence-corrected chi connectivity index (χ1v) is 11.6. The largest absolute Gasteiger partial charge is 0.508 e. The van der Waals surface area contributed by atoms with E-state index in [0.717, 1.165) is 35.5 Å². The van der Waals surface area contributed by atoms with E-state index in [1.807, 2.05) is 30.3 Å². The van der Waals surface area contributed by atoms with Gasteiger partial charge in [0.1, 0.15) is 17.6 Å². The zero-order valence-corrected chi connectivity index (χ0v) is 19.1. The number of ether oxygens (including phenoxy) is 1. The number of fused-ring (bicyclic) bond motifs is 2. The summed E-state index contributed by atoms with van der Waals surface area (Å²) in [7, 11) is 0. The fraction of sp³-hybridized carbons (Fsp3) is 0.391. The maximum Gasteiger partial charge on any atom is 0.176 e. The third kappa shape index (κ3) is 4.22. The van der Waals surface area contributed by atoms with E-state index in [-0.39, 0.29) is 22.9 Å². The van der Waals surface area contributed by atoms with E-state index in [0.29, 0.717) is 0 Å². The average Bonchev–Trinajstić information content (AvgIpc) is 2.65. The summed E-state index contributed by atoms with van der Waals surface area (Å²) < 4.78 is 5.88. The number of benzene rings is 2. The Bertz CT molecular complexity index is 907. The van der Waals surface area contributed by atoms with Gasteiger partial charge in [0.15, 0.2) is 3.90 Å². The van der Waals surface area contributed by atoms with Crippen molar-refractivity contribution >= 4 is 27.7 Å². The van der Waals surface area contributed by atoms with Crippen molar-refractivity contribution in [3.05, 3.63) is 72.3 Å². The number of alkyl halides is 1. The van der Waals surface area contributed by atoms with Crippen LogP contribution >= 0.6 is 27.7 Å². The fourth-order valence-corrected chi connectivity index (χ4v) is 6.90. The molecule has 2 aliphatic rings. The zero-order chi connectivity index (χ0) is 20.7. The minimum atomic E-state index is -0.503. The van der Waals surface area contributed by atoms with Crippen LogP contribution in [0.3, 0.4) is 0 Å². The number of hydrogen-bond donors (Lipinski definition) is 3. The lowest BCUT2D eigenvalue weighted by atomic mass is 9.72. The highest BCUT2D eigenvalue weighted by atomic mass is 79.9. The first-order valence-electron chi connectivity index (χ1n) is 9.82. The molecule has 2 heterocycles. The molecule has 1 spiro atoms. The Morgan fingerprint density at radius 2 is 2.00 bits per heavy atom. The highest BCUT2D eigenvalue weighted by Crippen LogP contribution is 2.53. The molecule has 1 fully saturated rings. The highest BCUT2D eigenvalue weighted by molar-refractivity contribution is 9.11. The maximum atomic E-state index is 10.1. The van der Waals surface area contributed by atoms with E-state index in [9.17, 15) is 5.11 Å². The van der Waals surface area contributed by atoms with Crippen LogP contribution in [0.1, 0.15) is 43.9 Å². The second kappa shape index (κ2) is 7.65. The van der Waals surface area contributed by atoms with Gasteiger partial charge in [0.25, 0.3) is 0 Å². The van der Waals surface area contributed by atoms with E-state index < -0.39 is 3.90 Å². The molecule has 29 heavy (non-hydrogen) atoms. The summed E-state index contributed by atoms with van der Waals surface area (Å²) in [5.74, 6) is 1.75. The number of halogens is 1. The zero-order valence-electron chi connectivity index (χ0n) is 16.7. The maximum absolute atomic E-state index is 10.1. The minimum Gasteiger partial charge on any atom is -0.508 e. The third-order valence-electron chi connectivity index (χ3n) is 5.50. The van der Waals surface area contributed by atoms with Crippen LogP contribution in [0.2, 0.25) is 0 Å². The number of rotatable bonds is 4. The minimum absolute atomic E-state index is 0.104. The van der Waals surface area contributed by atoms with Crippen LogP contribution in [-0.4, -0.2) is 20.3 Å². The van der Waals surface area contributed by atoms with Crippen molar-refractivity contribution in [2.24, 2.45) is 0 Å². The highest BCUT2D eigenvalue weighted by Gasteiger charge is 2.54. The van der Waals surface area contributed by atoms with E-state index >= 15 is 0 Å². The molecule has 0 amide bonds. The predicted molar refractivity (Wildman–Crippen MR) is 123 cm³/mol. The molecular formula is C23H27BrN2O2S. The summed E-state index contributed by atoms with van der Waals surface area (Å²) in [6.07, 6.45) is 3.48. The van der Waals surface area contributed by atoms with Crippen molar-refractivity contribution in [3.8, 4) is 11.5 Å². The van der Waals surface area contributed by atoms with Gasteiger partial charge in [-0.3, -0.25) is 10.6 Å². The van der Waals surface area contributed by atoms with E-state index in [1.165, 1.54) is 0 Å². The Morgan fingerprint density at radius 3 is 2.72 bits per heavy atom. The van der Waals surface area contributed by atoms with Crippen LogP contribution in [0, 0.1) is 0 Å². The molecule has 4 nitrogen and oxygen atoms in total. The summed E-state index contributed by atoms with van der Waals surface area (Å²) in [6.45, 7) is 8.33. The summed E-state index contributed by atoms with van der Waals surface area (Å²) in [4.78, 5) is 0. The lowest BCUT2D eigenvalue weighted by Gasteiger charge is -2.56. The number of nitrogens with one attached hydrogen (secondary N) is 2. The molecule has 0 aromatic heterocycles. The van der Waals surface area contributed by atoms with Gasteiger partial charge in [-0.15, -0.1) is 18.3 Å². The topological polar surface area (TPSA) is 53.5 Å². The quantitative estimate of drug-likeness (QED) is 0.314. The number of hydrogen-bond acceptors (Lipinski definition) is 5. The number of thioether (sulfide) groups is 1. The normalized spacial score (nSPS) is 30.4. The standard InChI is InChI=1S/C23H27BrN2O2S/c1-4-12-29-23(24)25-21(2,3)15-22(26-23)14-20(16-8-6-5-7-9-16)28-19-13-17(27)10-11-18(19)22/h4-11,13,20,25-27H,1,12,14-15H2,2-3H3/t20-,22-,23-/m1/s1. The first kappa shape index (κ1) is 20.8. The monoisotopic (exact) mass is 474 g/mol. The van der Waals surface area contributed by atoms with Gasteiger partial charge in [-0.1, -0.05) is 36.4 Å². The summed E-state index contributed by atoms with van der Waals surface area (Å²) in [5.41, 5.74) is 1.77. The van der Waals surface area contributed by atoms with Crippen LogP contribution < -0.4 is 15.4 Å². The molecular weight excluding hydrogens is 448 g/mol. The fourth-order valence-electron chi connectivity index (χ4n) is 4.63. The number of aromatic hydroxyl groups is 1. The molecule has 3 N–H and O–H groups in total. The smallest absolute Gasteiger partial charge is 0.176 e. The van der Waals surface area contributed by atoms with Gasteiger partial charge in [-0.25, -0.2) is 0 Å². The molecule has 154 valence electrons.